The van der Waals surface area contributed by atoms with Gasteiger partial charge in [-0.2, -0.15) is 4.98 Å². The average Bonchev–Trinajstić information content (AvgIpc) is 2.36. The van der Waals surface area contributed by atoms with Crippen LogP contribution in [0.3, 0.4) is 0 Å². The van der Waals surface area contributed by atoms with Gasteiger partial charge in [-0.1, -0.05) is 6.07 Å². The SMILES string of the molecule is CNc1ncc(C)c(Oc2ccc(C)c(C)c2)n1. The van der Waals surface area contributed by atoms with Crippen LogP contribution >= 0.6 is 0 Å². The van der Waals surface area contributed by atoms with Crippen molar-refractivity contribution in [3.05, 3.63) is 41.1 Å². The predicted octanol–water partition coefficient (Wildman–Crippen LogP) is 3.24. The molecule has 1 aromatic heterocycles. The van der Waals surface area contributed by atoms with Crippen molar-refractivity contribution in [1.29, 1.82) is 0 Å². The zero-order chi connectivity index (χ0) is 13.1. The molecular formula is C14H17N3O. The molecule has 94 valence electrons. The number of nitrogens with zero attached hydrogens (tertiary/aromatic N) is 2. The summed E-state index contributed by atoms with van der Waals surface area (Å²) in [6, 6.07) is 6.00. The molecule has 0 bridgehead atoms. The monoisotopic (exact) mass is 243 g/mol. The van der Waals surface area contributed by atoms with Crippen molar-refractivity contribution in [2.75, 3.05) is 12.4 Å². The third-order valence-electron chi connectivity index (χ3n) is 2.84. The van der Waals surface area contributed by atoms with E-state index >= 15 is 0 Å². The highest BCUT2D eigenvalue weighted by Gasteiger charge is 2.06. The van der Waals surface area contributed by atoms with Crippen molar-refractivity contribution in [3.8, 4) is 11.6 Å². The number of ether oxygens (including phenoxy) is 1. The number of anilines is 1. The lowest BCUT2D eigenvalue weighted by molar-refractivity contribution is 0.458. The Morgan fingerprint density at radius 1 is 1.06 bits per heavy atom. The third kappa shape index (κ3) is 2.59. The molecule has 0 amide bonds. The minimum atomic E-state index is 0.555. The summed E-state index contributed by atoms with van der Waals surface area (Å²) in [6.07, 6.45) is 1.75. The second kappa shape index (κ2) is 5.04. The van der Waals surface area contributed by atoms with Gasteiger partial charge in [-0.05, 0) is 44.0 Å². The van der Waals surface area contributed by atoms with Crippen molar-refractivity contribution in [2.45, 2.75) is 20.8 Å². The standard InChI is InChI=1S/C14H17N3O/c1-9-5-6-12(7-10(9)2)18-13-11(3)8-16-14(15-4)17-13/h5-8H,1-4H3,(H,15,16,17). The summed E-state index contributed by atoms with van der Waals surface area (Å²) >= 11 is 0. The van der Waals surface area contributed by atoms with E-state index < -0.39 is 0 Å². The van der Waals surface area contributed by atoms with E-state index in [2.05, 4.69) is 29.1 Å². The topological polar surface area (TPSA) is 47.0 Å². The van der Waals surface area contributed by atoms with E-state index in [9.17, 15) is 0 Å². The number of aryl methyl sites for hydroxylation is 3. The van der Waals surface area contributed by atoms with Crippen molar-refractivity contribution < 1.29 is 4.74 Å². The van der Waals surface area contributed by atoms with Crippen LogP contribution in [0.5, 0.6) is 11.6 Å². The summed E-state index contributed by atoms with van der Waals surface area (Å²) in [7, 11) is 1.78. The lowest BCUT2D eigenvalue weighted by Gasteiger charge is -2.10. The Labute approximate surface area is 107 Å². The zero-order valence-electron chi connectivity index (χ0n) is 11.1. The highest BCUT2D eigenvalue weighted by molar-refractivity contribution is 5.38. The Bertz CT molecular complexity index is 567. The first-order valence-corrected chi connectivity index (χ1v) is 5.86. The Hall–Kier alpha value is -2.10. The fourth-order valence-electron chi connectivity index (χ4n) is 1.54. The summed E-state index contributed by atoms with van der Waals surface area (Å²) < 4.78 is 5.80. The first-order chi connectivity index (χ1) is 8.60. The molecule has 0 atom stereocenters. The highest BCUT2D eigenvalue weighted by atomic mass is 16.5. The van der Waals surface area contributed by atoms with Crippen LogP contribution in [0, 0.1) is 20.8 Å². The fourth-order valence-corrected chi connectivity index (χ4v) is 1.54. The average molecular weight is 243 g/mol. The Morgan fingerprint density at radius 3 is 2.50 bits per heavy atom. The van der Waals surface area contributed by atoms with Crippen LogP contribution in [0.1, 0.15) is 16.7 Å². The summed E-state index contributed by atoms with van der Waals surface area (Å²) in [5.41, 5.74) is 3.36. The maximum Gasteiger partial charge on any atom is 0.226 e. The van der Waals surface area contributed by atoms with Crippen molar-refractivity contribution >= 4 is 5.95 Å². The van der Waals surface area contributed by atoms with E-state index in [1.54, 1.807) is 13.2 Å². The van der Waals surface area contributed by atoms with Gasteiger partial charge in [0.25, 0.3) is 0 Å². The van der Waals surface area contributed by atoms with Gasteiger partial charge in [0.15, 0.2) is 0 Å². The highest BCUT2D eigenvalue weighted by Crippen LogP contribution is 2.25. The summed E-state index contributed by atoms with van der Waals surface area (Å²) in [6.45, 7) is 6.07. The maximum atomic E-state index is 5.80. The largest absolute Gasteiger partial charge is 0.439 e. The molecule has 0 aliphatic heterocycles. The molecule has 2 rings (SSSR count). The number of aromatic nitrogens is 2. The number of hydrogen-bond acceptors (Lipinski definition) is 4. The lowest BCUT2D eigenvalue weighted by Crippen LogP contribution is -1.99. The van der Waals surface area contributed by atoms with Crippen LogP contribution in [0.25, 0.3) is 0 Å². The van der Waals surface area contributed by atoms with Gasteiger partial charge in [-0.15, -0.1) is 0 Å². The van der Waals surface area contributed by atoms with Gasteiger partial charge in [0, 0.05) is 18.8 Å². The molecule has 1 N–H and O–H groups in total. The van der Waals surface area contributed by atoms with E-state index in [0.29, 0.717) is 11.8 Å². The minimum absolute atomic E-state index is 0.555. The molecule has 4 heteroatoms. The first-order valence-electron chi connectivity index (χ1n) is 5.86. The third-order valence-corrected chi connectivity index (χ3v) is 2.84. The second-order valence-electron chi connectivity index (χ2n) is 4.28. The molecule has 0 aliphatic carbocycles. The summed E-state index contributed by atoms with van der Waals surface area (Å²) in [5.74, 6) is 1.93. The molecule has 0 spiro atoms. The van der Waals surface area contributed by atoms with Crippen LogP contribution < -0.4 is 10.1 Å². The van der Waals surface area contributed by atoms with Crippen LogP contribution in [-0.2, 0) is 0 Å². The molecular weight excluding hydrogens is 226 g/mol. The lowest BCUT2D eigenvalue weighted by atomic mass is 10.1. The molecule has 0 radical (unpaired) electrons. The first kappa shape index (κ1) is 12.4. The molecule has 0 unspecified atom stereocenters. The van der Waals surface area contributed by atoms with Gasteiger partial charge in [0.05, 0.1) is 0 Å². The predicted molar refractivity (Wildman–Crippen MR) is 72.3 cm³/mol. The molecule has 4 nitrogen and oxygen atoms in total. The molecule has 0 fully saturated rings. The number of nitrogens with one attached hydrogen (secondary N) is 1. The molecule has 1 heterocycles. The van der Waals surface area contributed by atoms with Crippen LogP contribution in [0.15, 0.2) is 24.4 Å². The summed E-state index contributed by atoms with van der Waals surface area (Å²) in [5, 5.41) is 2.90. The van der Waals surface area contributed by atoms with E-state index in [1.807, 2.05) is 25.1 Å². The smallest absolute Gasteiger partial charge is 0.226 e. The molecule has 2 aromatic rings. The maximum absolute atomic E-state index is 5.80. The normalized spacial score (nSPS) is 10.2. The summed E-state index contributed by atoms with van der Waals surface area (Å²) in [4.78, 5) is 8.42. The van der Waals surface area contributed by atoms with Gasteiger partial charge < -0.3 is 10.1 Å². The van der Waals surface area contributed by atoms with E-state index in [-0.39, 0.29) is 0 Å². The van der Waals surface area contributed by atoms with Crippen LogP contribution in [-0.4, -0.2) is 17.0 Å². The van der Waals surface area contributed by atoms with E-state index in [4.69, 9.17) is 4.74 Å². The van der Waals surface area contributed by atoms with Gasteiger partial charge in [0.2, 0.25) is 11.8 Å². The number of rotatable bonds is 3. The molecule has 1 aromatic carbocycles. The Kier molecular flexibility index (Phi) is 3.46. The Morgan fingerprint density at radius 2 is 1.83 bits per heavy atom. The molecule has 0 aliphatic rings. The van der Waals surface area contributed by atoms with E-state index in [1.165, 1.54) is 11.1 Å². The molecule has 0 saturated carbocycles. The van der Waals surface area contributed by atoms with E-state index in [0.717, 1.165) is 11.3 Å². The quantitative estimate of drug-likeness (QED) is 0.899. The van der Waals surface area contributed by atoms with Crippen molar-refractivity contribution in [1.82, 2.24) is 9.97 Å². The van der Waals surface area contributed by atoms with Crippen LogP contribution in [0.4, 0.5) is 5.95 Å². The number of hydrogen-bond donors (Lipinski definition) is 1. The van der Waals surface area contributed by atoms with Crippen molar-refractivity contribution in [2.24, 2.45) is 0 Å². The van der Waals surface area contributed by atoms with Gasteiger partial charge >= 0.3 is 0 Å². The second-order valence-corrected chi connectivity index (χ2v) is 4.28. The number of benzene rings is 1. The van der Waals surface area contributed by atoms with Gasteiger partial charge in [0.1, 0.15) is 5.75 Å². The fraction of sp³-hybridized carbons (Fsp3) is 0.286. The van der Waals surface area contributed by atoms with Crippen molar-refractivity contribution in [3.63, 3.8) is 0 Å². The molecule has 18 heavy (non-hydrogen) atoms. The Balaban J connectivity index is 2.30. The van der Waals surface area contributed by atoms with Gasteiger partial charge in [-0.25, -0.2) is 4.98 Å². The molecule has 0 saturated heterocycles. The van der Waals surface area contributed by atoms with Crippen LogP contribution in [0.2, 0.25) is 0 Å². The minimum Gasteiger partial charge on any atom is -0.439 e. The van der Waals surface area contributed by atoms with Gasteiger partial charge in [-0.3, -0.25) is 0 Å². The zero-order valence-corrected chi connectivity index (χ0v) is 11.1.